The number of hydrogen-bond donors (Lipinski definition) is 0. The molecule has 1 aliphatic rings. The molecule has 0 bridgehead atoms. The average Bonchev–Trinajstić information content (AvgIpc) is 2.88. The van der Waals surface area contributed by atoms with Crippen molar-refractivity contribution in [2.45, 2.75) is 63.6 Å². The van der Waals surface area contributed by atoms with Gasteiger partial charge in [-0.3, -0.25) is 14.6 Å². The Morgan fingerprint density at radius 3 is 2.36 bits per heavy atom. The predicted octanol–water partition coefficient (Wildman–Crippen LogP) is 7.17. The van der Waals surface area contributed by atoms with E-state index in [2.05, 4.69) is 17.1 Å². The number of para-hydroxylation sites is 1. The molecule has 3 atom stereocenters. The van der Waals surface area contributed by atoms with Crippen LogP contribution in [-0.2, 0) is 11.0 Å². The second-order valence-corrected chi connectivity index (χ2v) is 9.30. The van der Waals surface area contributed by atoms with Crippen molar-refractivity contribution < 1.29 is 22.8 Å². The van der Waals surface area contributed by atoms with Crippen LogP contribution in [0.3, 0.4) is 0 Å². The zero-order chi connectivity index (χ0) is 25.9. The van der Waals surface area contributed by atoms with E-state index < -0.39 is 11.9 Å². The fourth-order valence-corrected chi connectivity index (χ4v) is 5.17. The molecule has 36 heavy (non-hydrogen) atoms. The summed E-state index contributed by atoms with van der Waals surface area (Å²) in [6.07, 6.45) is -1.21. The Bertz CT molecular complexity index is 1210. The van der Waals surface area contributed by atoms with Gasteiger partial charge in [0.25, 0.3) is 5.91 Å². The molecule has 4 nitrogen and oxygen atoms in total. The first kappa shape index (κ1) is 25.6. The van der Waals surface area contributed by atoms with Crippen molar-refractivity contribution in [1.82, 2.24) is 4.98 Å². The van der Waals surface area contributed by atoms with E-state index in [1.807, 2.05) is 56.3 Å². The number of benzene rings is 2. The number of Topliss-reactive ketones (excluding diaryl/α,β-unsaturated/α-hetero) is 1. The lowest BCUT2D eigenvalue weighted by atomic mass is 9.72. The van der Waals surface area contributed by atoms with Crippen molar-refractivity contribution in [1.29, 1.82) is 0 Å². The Morgan fingerprint density at radius 1 is 1.03 bits per heavy atom. The first-order valence-electron chi connectivity index (χ1n) is 12.2. The summed E-state index contributed by atoms with van der Waals surface area (Å²) in [5.41, 5.74) is 1.98. The summed E-state index contributed by atoms with van der Waals surface area (Å²) < 4.78 is 38.8. The van der Waals surface area contributed by atoms with Gasteiger partial charge in [-0.25, -0.2) is 0 Å². The van der Waals surface area contributed by atoms with E-state index in [1.54, 1.807) is 4.90 Å². The fourth-order valence-electron chi connectivity index (χ4n) is 5.17. The first-order chi connectivity index (χ1) is 17.2. The number of carbonyl (C=O) groups excluding carboxylic acids is 2. The fraction of sp³-hybridized carbons (Fsp3) is 0.345. The molecule has 7 heteroatoms. The molecular formula is C29H29F3N2O2. The van der Waals surface area contributed by atoms with Gasteiger partial charge in [0, 0.05) is 30.8 Å². The Kier molecular flexibility index (Phi) is 7.57. The highest BCUT2D eigenvalue weighted by Crippen LogP contribution is 2.47. The summed E-state index contributed by atoms with van der Waals surface area (Å²) in [6.45, 7) is 3.83. The Labute approximate surface area is 209 Å². The first-order valence-corrected chi connectivity index (χ1v) is 12.2. The third kappa shape index (κ3) is 5.35. The molecule has 3 unspecified atom stereocenters. The molecule has 2 heterocycles. The lowest BCUT2D eigenvalue weighted by Gasteiger charge is -2.42. The van der Waals surface area contributed by atoms with Gasteiger partial charge in [0.1, 0.15) is 11.5 Å². The van der Waals surface area contributed by atoms with E-state index in [-0.39, 0.29) is 35.1 Å². The number of ketones is 1. The summed E-state index contributed by atoms with van der Waals surface area (Å²) in [6, 6.07) is 19.6. The standard InChI is InChI=1S/C29H29F3N2O2/c1-3-22(35)14-15-23(20-9-5-4-6-10-20)25-17-19(2)34(26-12-8-7-11-24(25)26)28(36)21-13-16-27(33-18-21)29(30,31)32/h4-13,16,18-19,23,25H,3,14-15,17H2,1-2H3. The third-order valence-corrected chi connectivity index (χ3v) is 6.99. The SMILES string of the molecule is CCC(=O)CCC(c1ccccc1)C1CC(C)N(C(=O)c2ccc(C(F)(F)F)nc2)c2ccccc21. The topological polar surface area (TPSA) is 50.3 Å². The van der Waals surface area contributed by atoms with Gasteiger partial charge in [-0.15, -0.1) is 0 Å². The third-order valence-electron chi connectivity index (χ3n) is 6.99. The number of aromatic nitrogens is 1. The molecule has 1 aromatic heterocycles. The van der Waals surface area contributed by atoms with Gasteiger partial charge < -0.3 is 4.90 Å². The highest BCUT2D eigenvalue weighted by atomic mass is 19.4. The van der Waals surface area contributed by atoms with Crippen LogP contribution in [0.4, 0.5) is 18.9 Å². The number of halogens is 3. The highest BCUT2D eigenvalue weighted by Gasteiger charge is 2.38. The maximum absolute atomic E-state index is 13.5. The van der Waals surface area contributed by atoms with E-state index in [0.717, 1.165) is 29.1 Å². The number of pyridine rings is 1. The lowest BCUT2D eigenvalue weighted by Crippen LogP contribution is -2.44. The van der Waals surface area contributed by atoms with Crippen LogP contribution in [0.5, 0.6) is 0 Å². The molecule has 1 amide bonds. The summed E-state index contributed by atoms with van der Waals surface area (Å²) >= 11 is 0. The van der Waals surface area contributed by atoms with E-state index in [0.29, 0.717) is 25.7 Å². The van der Waals surface area contributed by atoms with E-state index >= 15 is 0 Å². The summed E-state index contributed by atoms with van der Waals surface area (Å²) in [5.74, 6) is 0.0139. The molecule has 0 spiro atoms. The zero-order valence-electron chi connectivity index (χ0n) is 20.3. The number of amides is 1. The minimum Gasteiger partial charge on any atom is -0.305 e. The molecule has 3 aromatic rings. The van der Waals surface area contributed by atoms with Gasteiger partial charge >= 0.3 is 6.18 Å². The molecule has 0 saturated carbocycles. The van der Waals surface area contributed by atoms with E-state index in [9.17, 15) is 22.8 Å². The van der Waals surface area contributed by atoms with Crippen LogP contribution in [0, 0.1) is 0 Å². The number of carbonyl (C=O) groups is 2. The smallest absolute Gasteiger partial charge is 0.305 e. The van der Waals surface area contributed by atoms with Crippen molar-refractivity contribution in [3.8, 4) is 0 Å². The Morgan fingerprint density at radius 2 is 1.72 bits per heavy atom. The largest absolute Gasteiger partial charge is 0.433 e. The van der Waals surface area contributed by atoms with Crippen molar-refractivity contribution in [2.75, 3.05) is 4.90 Å². The van der Waals surface area contributed by atoms with Crippen LogP contribution in [-0.4, -0.2) is 22.7 Å². The molecule has 4 rings (SSSR count). The summed E-state index contributed by atoms with van der Waals surface area (Å²) in [7, 11) is 0. The van der Waals surface area contributed by atoms with E-state index in [4.69, 9.17) is 0 Å². The number of fused-ring (bicyclic) bond motifs is 1. The zero-order valence-corrected chi connectivity index (χ0v) is 20.3. The quantitative estimate of drug-likeness (QED) is 0.350. The van der Waals surface area contributed by atoms with Crippen LogP contribution in [0.1, 0.15) is 78.5 Å². The molecule has 188 valence electrons. The van der Waals surface area contributed by atoms with Crippen molar-refractivity contribution >= 4 is 17.4 Å². The molecular weight excluding hydrogens is 465 g/mol. The lowest BCUT2D eigenvalue weighted by molar-refractivity contribution is -0.141. The normalized spacial score (nSPS) is 18.4. The van der Waals surface area contributed by atoms with E-state index in [1.165, 1.54) is 6.07 Å². The number of alkyl halides is 3. The van der Waals surface area contributed by atoms with Crippen LogP contribution in [0.2, 0.25) is 0 Å². The number of hydrogen-bond acceptors (Lipinski definition) is 3. The van der Waals surface area contributed by atoms with Gasteiger partial charge in [0.05, 0.1) is 5.56 Å². The summed E-state index contributed by atoms with van der Waals surface area (Å²) in [4.78, 5) is 30.8. The van der Waals surface area contributed by atoms with Crippen LogP contribution < -0.4 is 4.90 Å². The predicted molar refractivity (Wildman–Crippen MR) is 133 cm³/mol. The molecule has 1 aliphatic heterocycles. The van der Waals surface area contributed by atoms with Gasteiger partial charge in [0.15, 0.2) is 0 Å². The second-order valence-electron chi connectivity index (χ2n) is 9.30. The molecule has 0 N–H and O–H groups in total. The molecule has 0 radical (unpaired) electrons. The molecule has 0 saturated heterocycles. The van der Waals surface area contributed by atoms with Crippen molar-refractivity contribution in [2.24, 2.45) is 0 Å². The number of rotatable bonds is 7. The van der Waals surface area contributed by atoms with Crippen LogP contribution in [0.15, 0.2) is 72.9 Å². The highest BCUT2D eigenvalue weighted by molar-refractivity contribution is 6.07. The Balaban J connectivity index is 1.70. The van der Waals surface area contributed by atoms with Gasteiger partial charge in [-0.05, 0) is 60.9 Å². The maximum Gasteiger partial charge on any atom is 0.433 e. The van der Waals surface area contributed by atoms with Crippen LogP contribution >= 0.6 is 0 Å². The monoisotopic (exact) mass is 494 g/mol. The van der Waals surface area contributed by atoms with Crippen LogP contribution in [0.25, 0.3) is 0 Å². The minimum atomic E-state index is -4.56. The molecule has 2 aromatic carbocycles. The van der Waals surface area contributed by atoms with Crippen molar-refractivity contribution in [3.05, 3.63) is 95.3 Å². The maximum atomic E-state index is 13.5. The number of anilines is 1. The van der Waals surface area contributed by atoms with Gasteiger partial charge in [-0.1, -0.05) is 55.5 Å². The minimum absolute atomic E-state index is 0.0815. The second kappa shape index (κ2) is 10.6. The summed E-state index contributed by atoms with van der Waals surface area (Å²) in [5, 5.41) is 0. The average molecular weight is 495 g/mol. The van der Waals surface area contributed by atoms with Gasteiger partial charge in [-0.2, -0.15) is 13.2 Å². The van der Waals surface area contributed by atoms with Crippen molar-refractivity contribution in [3.63, 3.8) is 0 Å². The Hall–Kier alpha value is -3.48. The number of nitrogens with zero attached hydrogens (tertiary/aromatic N) is 2. The molecule has 0 fully saturated rings. The molecule has 0 aliphatic carbocycles. The van der Waals surface area contributed by atoms with Gasteiger partial charge in [0.2, 0.25) is 0 Å².